The summed E-state index contributed by atoms with van der Waals surface area (Å²) in [7, 11) is 1.45. The van der Waals surface area contributed by atoms with Gasteiger partial charge in [0.05, 0.1) is 22.7 Å². The molecule has 2 aliphatic rings. The van der Waals surface area contributed by atoms with Gasteiger partial charge in [0.1, 0.15) is 17.0 Å². The molecule has 2 heterocycles. The van der Waals surface area contributed by atoms with E-state index < -0.39 is 10.5 Å². The minimum absolute atomic E-state index is 0.0753. The van der Waals surface area contributed by atoms with Gasteiger partial charge >= 0.3 is 0 Å². The molecule has 2 aromatic rings. The van der Waals surface area contributed by atoms with Gasteiger partial charge in [-0.15, -0.1) is 0 Å². The molecular weight excluding hydrogens is 374 g/mol. The molecule has 0 aliphatic carbocycles. The first kappa shape index (κ1) is 18.9. The van der Waals surface area contributed by atoms with Crippen molar-refractivity contribution in [2.75, 3.05) is 7.05 Å². The van der Waals surface area contributed by atoms with Gasteiger partial charge in [-0.25, -0.2) is 0 Å². The number of rotatable bonds is 3. The lowest BCUT2D eigenvalue weighted by molar-refractivity contribution is -0.385. The highest BCUT2D eigenvalue weighted by Crippen LogP contribution is 2.48. The van der Waals surface area contributed by atoms with Crippen molar-refractivity contribution < 1.29 is 19.7 Å². The Morgan fingerprint density at radius 3 is 2.55 bits per heavy atom. The number of ether oxygens (including phenoxy) is 1. The standard InChI is InChI=1S/C21H21N3O5/c1-12-15(24(27)28)9-10-16-17(12)18(19(22(4)26)21(2,3)29-16)23-11-13-7-5-6-8-14(13)20(23)25/h5-10,26H,11H2,1-4H3. The number of amides is 1. The summed E-state index contributed by atoms with van der Waals surface area (Å²) in [6.45, 7) is 5.49. The van der Waals surface area contributed by atoms with Gasteiger partial charge in [-0.1, -0.05) is 18.2 Å². The van der Waals surface area contributed by atoms with Gasteiger partial charge in [0, 0.05) is 24.2 Å². The molecule has 0 atom stereocenters. The van der Waals surface area contributed by atoms with Crippen molar-refractivity contribution in [1.82, 2.24) is 9.96 Å². The van der Waals surface area contributed by atoms with E-state index in [-0.39, 0.29) is 11.6 Å². The van der Waals surface area contributed by atoms with E-state index in [1.165, 1.54) is 13.1 Å². The van der Waals surface area contributed by atoms with E-state index in [2.05, 4.69) is 0 Å². The molecule has 8 nitrogen and oxygen atoms in total. The highest BCUT2D eigenvalue weighted by Gasteiger charge is 2.44. The maximum Gasteiger partial charge on any atom is 0.273 e. The Morgan fingerprint density at radius 2 is 1.93 bits per heavy atom. The Bertz CT molecular complexity index is 1090. The molecule has 1 amide bonds. The highest BCUT2D eigenvalue weighted by molar-refractivity contribution is 6.04. The van der Waals surface area contributed by atoms with Gasteiger partial charge in [-0.3, -0.25) is 25.2 Å². The number of fused-ring (bicyclic) bond motifs is 2. The summed E-state index contributed by atoms with van der Waals surface area (Å²) in [6, 6.07) is 10.2. The summed E-state index contributed by atoms with van der Waals surface area (Å²) in [5, 5.41) is 22.9. The zero-order valence-electron chi connectivity index (χ0n) is 16.6. The second kappa shape index (κ2) is 6.31. The number of hydroxylamine groups is 2. The predicted molar refractivity (Wildman–Crippen MR) is 105 cm³/mol. The van der Waals surface area contributed by atoms with Crippen molar-refractivity contribution in [2.24, 2.45) is 0 Å². The van der Waals surface area contributed by atoms with Crippen LogP contribution in [-0.2, 0) is 6.54 Å². The number of nitro groups is 1. The molecule has 0 fully saturated rings. The molecule has 8 heteroatoms. The molecule has 0 saturated carbocycles. The fourth-order valence-corrected chi connectivity index (χ4v) is 4.22. The smallest absolute Gasteiger partial charge is 0.273 e. The first-order valence-electron chi connectivity index (χ1n) is 9.18. The number of nitro benzene ring substituents is 1. The lowest BCUT2D eigenvalue weighted by Gasteiger charge is -2.41. The average molecular weight is 395 g/mol. The van der Waals surface area contributed by atoms with Crippen LogP contribution in [0.2, 0.25) is 0 Å². The number of hydrogen-bond donors (Lipinski definition) is 1. The maximum atomic E-state index is 13.2. The lowest BCUT2D eigenvalue weighted by atomic mass is 9.90. The van der Waals surface area contributed by atoms with E-state index in [0.29, 0.717) is 40.4 Å². The van der Waals surface area contributed by atoms with Crippen molar-refractivity contribution in [1.29, 1.82) is 0 Å². The van der Waals surface area contributed by atoms with E-state index in [1.807, 2.05) is 12.1 Å². The zero-order chi connectivity index (χ0) is 21.1. The third-order valence-electron chi connectivity index (χ3n) is 5.41. The molecule has 0 unspecified atom stereocenters. The molecule has 1 N–H and O–H groups in total. The summed E-state index contributed by atoms with van der Waals surface area (Å²) < 4.78 is 6.09. The normalized spacial score (nSPS) is 17.0. The van der Waals surface area contributed by atoms with E-state index >= 15 is 0 Å². The van der Waals surface area contributed by atoms with Crippen LogP contribution in [0.25, 0.3) is 5.70 Å². The fourth-order valence-electron chi connectivity index (χ4n) is 4.22. The largest absolute Gasteiger partial charge is 0.481 e. The summed E-state index contributed by atoms with van der Waals surface area (Å²) in [5.41, 5.74) is 1.99. The van der Waals surface area contributed by atoms with Crippen LogP contribution < -0.4 is 4.74 Å². The zero-order valence-corrected chi connectivity index (χ0v) is 16.6. The first-order valence-corrected chi connectivity index (χ1v) is 9.18. The van der Waals surface area contributed by atoms with E-state index in [1.54, 1.807) is 43.9 Å². The van der Waals surface area contributed by atoms with Crippen LogP contribution in [0.3, 0.4) is 0 Å². The minimum atomic E-state index is -0.969. The fraction of sp³-hybridized carbons (Fsp3) is 0.286. The highest BCUT2D eigenvalue weighted by atomic mass is 16.6. The van der Waals surface area contributed by atoms with Crippen molar-refractivity contribution >= 4 is 17.3 Å². The monoisotopic (exact) mass is 395 g/mol. The van der Waals surface area contributed by atoms with Crippen LogP contribution in [0.15, 0.2) is 42.1 Å². The molecule has 150 valence electrons. The van der Waals surface area contributed by atoms with Gasteiger partial charge in [0.25, 0.3) is 11.6 Å². The molecule has 4 rings (SSSR count). The number of nitrogens with zero attached hydrogens (tertiary/aromatic N) is 3. The van der Waals surface area contributed by atoms with Crippen molar-refractivity contribution in [3.63, 3.8) is 0 Å². The van der Waals surface area contributed by atoms with Gasteiger partial charge in [0.2, 0.25) is 0 Å². The van der Waals surface area contributed by atoms with Crippen LogP contribution in [0.5, 0.6) is 5.75 Å². The molecule has 2 aromatic carbocycles. The minimum Gasteiger partial charge on any atom is -0.481 e. The molecule has 0 spiro atoms. The Labute approximate surface area is 167 Å². The van der Waals surface area contributed by atoms with Crippen LogP contribution in [0, 0.1) is 17.0 Å². The van der Waals surface area contributed by atoms with Gasteiger partial charge < -0.3 is 9.64 Å². The van der Waals surface area contributed by atoms with Gasteiger partial charge in [0.15, 0.2) is 0 Å². The van der Waals surface area contributed by atoms with E-state index in [9.17, 15) is 20.1 Å². The maximum absolute atomic E-state index is 13.2. The topological polar surface area (TPSA) is 96.2 Å². The Balaban J connectivity index is 2.02. The van der Waals surface area contributed by atoms with Gasteiger partial charge in [-0.2, -0.15) is 0 Å². The SMILES string of the molecule is Cc1c([N+](=O)[O-])ccc2c1C(N1Cc3ccccc3C1=O)=C(N(C)O)C(C)(C)O2. The second-order valence-electron chi connectivity index (χ2n) is 7.72. The second-order valence-corrected chi connectivity index (χ2v) is 7.72. The van der Waals surface area contributed by atoms with E-state index in [0.717, 1.165) is 10.6 Å². The third-order valence-corrected chi connectivity index (χ3v) is 5.41. The quantitative estimate of drug-likeness (QED) is 0.629. The lowest BCUT2D eigenvalue weighted by Crippen LogP contribution is -2.44. The Morgan fingerprint density at radius 1 is 1.24 bits per heavy atom. The summed E-state index contributed by atoms with van der Waals surface area (Å²) >= 11 is 0. The molecule has 0 radical (unpaired) electrons. The van der Waals surface area contributed by atoms with Gasteiger partial charge in [-0.05, 0) is 38.5 Å². The number of benzene rings is 2. The number of carbonyl (C=O) groups is 1. The summed E-state index contributed by atoms with van der Waals surface area (Å²) in [4.78, 5) is 25.9. The van der Waals surface area contributed by atoms with Crippen LogP contribution in [0.1, 0.15) is 40.9 Å². The molecule has 29 heavy (non-hydrogen) atoms. The summed E-state index contributed by atoms with van der Waals surface area (Å²) in [6.07, 6.45) is 0. The van der Waals surface area contributed by atoms with Crippen LogP contribution in [0.4, 0.5) is 5.69 Å². The van der Waals surface area contributed by atoms with Crippen LogP contribution >= 0.6 is 0 Å². The first-order chi connectivity index (χ1) is 13.6. The Kier molecular flexibility index (Phi) is 4.13. The molecular formula is C21H21N3O5. The molecule has 2 aliphatic heterocycles. The van der Waals surface area contributed by atoms with Crippen molar-refractivity contribution in [3.8, 4) is 5.75 Å². The molecule has 0 bridgehead atoms. The molecule has 0 saturated heterocycles. The third kappa shape index (κ3) is 2.75. The van der Waals surface area contributed by atoms with E-state index in [4.69, 9.17) is 4.74 Å². The van der Waals surface area contributed by atoms with Crippen LogP contribution in [-0.4, -0.2) is 38.6 Å². The van der Waals surface area contributed by atoms with Crippen molar-refractivity contribution in [3.05, 3.63) is 74.5 Å². The number of hydrogen-bond acceptors (Lipinski definition) is 6. The van der Waals surface area contributed by atoms with Crippen molar-refractivity contribution in [2.45, 2.75) is 32.9 Å². The number of carbonyl (C=O) groups excluding carboxylic acids is 1. The predicted octanol–water partition coefficient (Wildman–Crippen LogP) is 3.72. The Hall–Kier alpha value is -3.39. The average Bonchev–Trinajstić information content (AvgIpc) is 2.96. The number of likely N-dealkylation sites (N-methyl/N-ethyl adjacent to an activating group) is 1. The molecule has 0 aromatic heterocycles. The summed E-state index contributed by atoms with van der Waals surface area (Å²) in [5.74, 6) is 0.215.